The van der Waals surface area contributed by atoms with E-state index in [1.807, 2.05) is 12.1 Å². The molecule has 1 fully saturated rings. The van der Waals surface area contributed by atoms with Crippen LogP contribution in [0.3, 0.4) is 0 Å². The third-order valence-corrected chi connectivity index (χ3v) is 4.50. The molecule has 0 radical (unpaired) electrons. The fourth-order valence-corrected chi connectivity index (χ4v) is 3.02. The largest absolute Gasteiger partial charge is 0.316 e. The Hall–Kier alpha value is -0.930. The molecule has 1 N–H and O–H groups in total. The molecule has 112 valence electrons. The zero-order valence-corrected chi connectivity index (χ0v) is 12.7. The third-order valence-electron chi connectivity index (χ3n) is 4.50. The normalized spacial score (nSPS) is 21.1. The van der Waals surface area contributed by atoms with E-state index in [1.54, 1.807) is 12.1 Å². The molecule has 0 saturated carbocycles. The second-order valence-electron chi connectivity index (χ2n) is 6.20. The van der Waals surface area contributed by atoms with Gasteiger partial charge in [0.25, 0.3) is 0 Å². The molecule has 1 aromatic carbocycles. The third kappa shape index (κ3) is 4.57. The van der Waals surface area contributed by atoms with Crippen molar-refractivity contribution >= 4 is 0 Å². The molecule has 1 heterocycles. The highest BCUT2D eigenvalue weighted by Gasteiger charge is 2.19. The summed E-state index contributed by atoms with van der Waals surface area (Å²) >= 11 is 0. The molecule has 1 aliphatic heterocycles. The van der Waals surface area contributed by atoms with Gasteiger partial charge in [-0.15, -0.1) is 0 Å². The van der Waals surface area contributed by atoms with Crippen LogP contribution >= 0.6 is 0 Å². The first-order chi connectivity index (χ1) is 9.66. The van der Waals surface area contributed by atoms with Gasteiger partial charge in [-0.25, -0.2) is 4.39 Å². The van der Waals surface area contributed by atoms with Crippen LogP contribution < -0.4 is 5.32 Å². The van der Waals surface area contributed by atoms with Gasteiger partial charge >= 0.3 is 0 Å². The van der Waals surface area contributed by atoms with Crippen LogP contribution in [-0.2, 0) is 6.54 Å². The maximum Gasteiger partial charge on any atom is 0.127 e. The topological polar surface area (TPSA) is 15.3 Å². The molecule has 20 heavy (non-hydrogen) atoms. The smallest absolute Gasteiger partial charge is 0.127 e. The number of nitrogens with zero attached hydrogens (tertiary/aromatic N) is 1. The molecular formula is C17H27FN2. The summed E-state index contributed by atoms with van der Waals surface area (Å²) in [5.41, 5.74) is 0.794. The van der Waals surface area contributed by atoms with Crippen molar-refractivity contribution in [2.24, 2.45) is 11.8 Å². The summed E-state index contributed by atoms with van der Waals surface area (Å²) in [7, 11) is 2.08. The summed E-state index contributed by atoms with van der Waals surface area (Å²) in [4.78, 5) is 2.23. The van der Waals surface area contributed by atoms with E-state index in [0.29, 0.717) is 6.54 Å². The van der Waals surface area contributed by atoms with E-state index in [1.165, 1.54) is 25.8 Å². The highest BCUT2D eigenvalue weighted by Crippen LogP contribution is 2.22. The fraction of sp³-hybridized carbons (Fsp3) is 0.647. The Labute approximate surface area is 122 Å². The van der Waals surface area contributed by atoms with Crippen LogP contribution in [0, 0.1) is 17.7 Å². The van der Waals surface area contributed by atoms with Gasteiger partial charge in [0.15, 0.2) is 0 Å². The van der Waals surface area contributed by atoms with Gasteiger partial charge in [0.1, 0.15) is 5.82 Å². The Balaban J connectivity index is 1.74. The van der Waals surface area contributed by atoms with Gasteiger partial charge in [-0.1, -0.05) is 25.1 Å². The second kappa shape index (κ2) is 7.75. The number of benzene rings is 1. The van der Waals surface area contributed by atoms with Crippen LogP contribution in [-0.4, -0.2) is 31.6 Å². The summed E-state index contributed by atoms with van der Waals surface area (Å²) in [6.07, 6.45) is 3.85. The van der Waals surface area contributed by atoms with Crippen LogP contribution in [0.5, 0.6) is 0 Å². The van der Waals surface area contributed by atoms with Crippen molar-refractivity contribution in [3.63, 3.8) is 0 Å². The Kier molecular flexibility index (Phi) is 5.99. The van der Waals surface area contributed by atoms with E-state index >= 15 is 0 Å². The van der Waals surface area contributed by atoms with Crippen molar-refractivity contribution in [2.75, 3.05) is 26.7 Å². The fourth-order valence-electron chi connectivity index (χ4n) is 3.02. The molecule has 0 spiro atoms. The molecule has 0 aliphatic carbocycles. The predicted octanol–water partition coefficient (Wildman–Crippen LogP) is 3.28. The molecule has 1 saturated heterocycles. The zero-order chi connectivity index (χ0) is 14.4. The summed E-state index contributed by atoms with van der Waals surface area (Å²) in [5, 5.41) is 3.49. The van der Waals surface area contributed by atoms with Crippen LogP contribution in [0.15, 0.2) is 24.3 Å². The molecule has 0 bridgehead atoms. The molecule has 1 aromatic rings. The maximum absolute atomic E-state index is 13.6. The van der Waals surface area contributed by atoms with Crippen LogP contribution in [0.2, 0.25) is 0 Å². The lowest BCUT2D eigenvalue weighted by Gasteiger charge is -2.29. The molecule has 2 nitrogen and oxygen atoms in total. The Morgan fingerprint density at radius 3 is 2.90 bits per heavy atom. The van der Waals surface area contributed by atoms with Gasteiger partial charge in [0, 0.05) is 12.1 Å². The number of halogens is 1. The minimum absolute atomic E-state index is 0.0936. The van der Waals surface area contributed by atoms with Gasteiger partial charge in [0.05, 0.1) is 0 Å². The quantitative estimate of drug-likeness (QED) is 0.859. The highest BCUT2D eigenvalue weighted by atomic mass is 19.1. The average Bonchev–Trinajstić information content (AvgIpc) is 2.48. The van der Waals surface area contributed by atoms with E-state index in [9.17, 15) is 4.39 Å². The van der Waals surface area contributed by atoms with Crippen LogP contribution in [0.25, 0.3) is 0 Å². The summed E-state index contributed by atoms with van der Waals surface area (Å²) in [5.74, 6) is 1.46. The number of nitrogens with one attached hydrogen (secondary N) is 1. The minimum Gasteiger partial charge on any atom is -0.316 e. The van der Waals surface area contributed by atoms with Crippen molar-refractivity contribution in [3.8, 4) is 0 Å². The van der Waals surface area contributed by atoms with Gasteiger partial charge in [-0.05, 0) is 63.8 Å². The molecule has 1 aliphatic rings. The lowest BCUT2D eigenvalue weighted by Crippen LogP contribution is -2.34. The zero-order valence-electron chi connectivity index (χ0n) is 12.7. The first-order valence-corrected chi connectivity index (χ1v) is 7.79. The summed E-state index contributed by atoms with van der Waals surface area (Å²) in [6.45, 7) is 6.43. The van der Waals surface area contributed by atoms with Gasteiger partial charge in [-0.3, -0.25) is 0 Å². The molecule has 0 aromatic heterocycles. The minimum atomic E-state index is -0.0936. The van der Waals surface area contributed by atoms with E-state index in [0.717, 1.165) is 30.5 Å². The number of hydrogen-bond donors (Lipinski definition) is 1. The van der Waals surface area contributed by atoms with Crippen LogP contribution in [0.4, 0.5) is 4.39 Å². The average molecular weight is 278 g/mol. The Morgan fingerprint density at radius 2 is 2.20 bits per heavy atom. The van der Waals surface area contributed by atoms with E-state index in [-0.39, 0.29) is 5.82 Å². The standard InChI is InChI=1S/C17H27FN2/c1-14(15-7-5-10-19-12-15)9-11-20(2)13-16-6-3-4-8-17(16)18/h3-4,6,8,14-15,19H,5,7,9-13H2,1-2H3. The first kappa shape index (κ1) is 15.5. The van der Waals surface area contributed by atoms with Crippen molar-refractivity contribution in [2.45, 2.75) is 32.7 Å². The van der Waals surface area contributed by atoms with E-state index in [4.69, 9.17) is 0 Å². The Bertz CT molecular complexity index is 402. The summed E-state index contributed by atoms with van der Waals surface area (Å²) < 4.78 is 13.6. The van der Waals surface area contributed by atoms with Crippen molar-refractivity contribution < 1.29 is 4.39 Å². The Morgan fingerprint density at radius 1 is 1.40 bits per heavy atom. The number of piperidine rings is 1. The van der Waals surface area contributed by atoms with Crippen molar-refractivity contribution in [1.82, 2.24) is 10.2 Å². The van der Waals surface area contributed by atoms with E-state index < -0.39 is 0 Å². The number of rotatable bonds is 6. The van der Waals surface area contributed by atoms with Crippen molar-refractivity contribution in [3.05, 3.63) is 35.6 Å². The second-order valence-corrected chi connectivity index (χ2v) is 6.20. The monoisotopic (exact) mass is 278 g/mol. The molecule has 2 rings (SSSR count). The lowest BCUT2D eigenvalue weighted by atomic mass is 9.85. The molecule has 0 amide bonds. The number of hydrogen-bond acceptors (Lipinski definition) is 2. The SMILES string of the molecule is CC(CCN(C)Cc1ccccc1F)C1CCCNC1. The van der Waals surface area contributed by atoms with Crippen LogP contribution in [0.1, 0.15) is 31.7 Å². The molecule has 2 atom stereocenters. The predicted molar refractivity (Wildman–Crippen MR) is 82.1 cm³/mol. The molecule has 2 unspecified atom stereocenters. The van der Waals surface area contributed by atoms with Crippen molar-refractivity contribution in [1.29, 1.82) is 0 Å². The first-order valence-electron chi connectivity index (χ1n) is 7.79. The van der Waals surface area contributed by atoms with E-state index in [2.05, 4.69) is 24.2 Å². The molecular weight excluding hydrogens is 251 g/mol. The summed E-state index contributed by atoms with van der Waals surface area (Å²) in [6, 6.07) is 7.07. The van der Waals surface area contributed by atoms with Gasteiger partial charge < -0.3 is 10.2 Å². The molecule has 3 heteroatoms. The lowest BCUT2D eigenvalue weighted by molar-refractivity contribution is 0.228. The maximum atomic E-state index is 13.6. The van der Waals surface area contributed by atoms with Gasteiger partial charge in [-0.2, -0.15) is 0 Å². The van der Waals surface area contributed by atoms with Gasteiger partial charge in [0.2, 0.25) is 0 Å². The highest BCUT2D eigenvalue weighted by molar-refractivity contribution is 5.16.